The van der Waals surface area contributed by atoms with Gasteiger partial charge in [-0.15, -0.1) is 0 Å². The third-order valence-corrected chi connectivity index (χ3v) is 10.2. The second-order valence-corrected chi connectivity index (χ2v) is 17.1. The standard InChI is InChI=1S/C43H82NO8P/c1-6-8-10-12-14-16-18-20-22-24-26-28-30-32-34-36-43(46)52-41(40-51-53(47,48)50-38-37-44(3,4)5)39-49-42(45)35-33-31-29-27-25-23-21-19-17-15-13-11-9-7-2/h12,14,19,21,41H,6-11,13,15-18,20,22-40H2,1-5H3/b14-12+,21-19+/t41-/m1/s1. The predicted octanol–water partition coefficient (Wildman–Crippen LogP) is 11.3. The fourth-order valence-electron chi connectivity index (χ4n) is 5.75. The van der Waals surface area contributed by atoms with Crippen LogP contribution in [0.3, 0.4) is 0 Å². The first-order valence-electron chi connectivity index (χ1n) is 21.5. The Morgan fingerprint density at radius 3 is 1.45 bits per heavy atom. The van der Waals surface area contributed by atoms with E-state index in [9.17, 15) is 19.0 Å². The molecule has 0 bridgehead atoms. The molecular formula is C43H82NO8P. The highest BCUT2D eigenvalue weighted by Crippen LogP contribution is 2.38. The van der Waals surface area contributed by atoms with Crippen molar-refractivity contribution < 1.29 is 42.1 Å². The Hall–Kier alpha value is -1.51. The molecule has 0 aromatic carbocycles. The molecule has 0 fully saturated rings. The van der Waals surface area contributed by atoms with Gasteiger partial charge in [-0.3, -0.25) is 14.2 Å². The number of unbranched alkanes of at least 4 members (excludes halogenated alkanes) is 21. The van der Waals surface area contributed by atoms with Crippen LogP contribution in [0.4, 0.5) is 0 Å². The van der Waals surface area contributed by atoms with Crippen LogP contribution in [0.1, 0.15) is 187 Å². The average Bonchev–Trinajstić information content (AvgIpc) is 3.10. The number of hydrogen-bond acceptors (Lipinski definition) is 8. The highest BCUT2D eigenvalue weighted by molar-refractivity contribution is 7.45. The lowest BCUT2D eigenvalue weighted by Crippen LogP contribution is -2.37. The minimum Gasteiger partial charge on any atom is -0.756 e. The van der Waals surface area contributed by atoms with Crippen LogP contribution in [0.25, 0.3) is 0 Å². The van der Waals surface area contributed by atoms with Gasteiger partial charge in [-0.2, -0.15) is 0 Å². The Morgan fingerprint density at radius 2 is 0.981 bits per heavy atom. The third kappa shape index (κ3) is 40.0. The molecule has 0 aliphatic carbocycles. The van der Waals surface area contributed by atoms with E-state index in [1.54, 1.807) is 0 Å². The largest absolute Gasteiger partial charge is 0.756 e. The zero-order chi connectivity index (χ0) is 39.3. The Balaban J connectivity index is 4.38. The first kappa shape index (κ1) is 51.5. The molecule has 9 nitrogen and oxygen atoms in total. The number of ether oxygens (including phenoxy) is 2. The van der Waals surface area contributed by atoms with E-state index in [-0.39, 0.29) is 26.1 Å². The summed E-state index contributed by atoms with van der Waals surface area (Å²) in [5, 5.41) is 0. The number of rotatable bonds is 39. The summed E-state index contributed by atoms with van der Waals surface area (Å²) in [6, 6.07) is 0. The van der Waals surface area contributed by atoms with Crippen molar-refractivity contribution in [1.82, 2.24) is 0 Å². The molecule has 0 amide bonds. The van der Waals surface area contributed by atoms with Crippen LogP contribution < -0.4 is 4.89 Å². The molecule has 0 aliphatic heterocycles. The lowest BCUT2D eigenvalue weighted by molar-refractivity contribution is -0.870. The number of esters is 2. The monoisotopic (exact) mass is 772 g/mol. The highest BCUT2D eigenvalue weighted by Gasteiger charge is 2.21. The molecule has 312 valence electrons. The fourth-order valence-corrected chi connectivity index (χ4v) is 6.48. The van der Waals surface area contributed by atoms with Gasteiger partial charge in [0.05, 0.1) is 27.7 Å². The molecule has 10 heteroatoms. The second kappa shape index (κ2) is 36.1. The molecule has 2 atom stereocenters. The number of phosphoric ester groups is 1. The van der Waals surface area contributed by atoms with Crippen molar-refractivity contribution >= 4 is 19.8 Å². The lowest BCUT2D eigenvalue weighted by Gasteiger charge is -2.28. The van der Waals surface area contributed by atoms with Crippen molar-refractivity contribution in [2.75, 3.05) is 47.5 Å². The molecule has 0 aromatic heterocycles. The van der Waals surface area contributed by atoms with Gasteiger partial charge in [-0.05, 0) is 57.8 Å². The van der Waals surface area contributed by atoms with E-state index in [1.807, 2.05) is 21.1 Å². The maximum Gasteiger partial charge on any atom is 0.306 e. The molecule has 0 rings (SSSR count). The second-order valence-electron chi connectivity index (χ2n) is 15.7. The van der Waals surface area contributed by atoms with Gasteiger partial charge in [0, 0.05) is 12.8 Å². The average molecular weight is 772 g/mol. The van der Waals surface area contributed by atoms with Crippen LogP contribution in [0.5, 0.6) is 0 Å². The van der Waals surface area contributed by atoms with Gasteiger partial charge in [0.25, 0.3) is 7.82 Å². The first-order chi connectivity index (χ1) is 25.5. The van der Waals surface area contributed by atoms with Crippen LogP contribution in [-0.4, -0.2) is 70.0 Å². The van der Waals surface area contributed by atoms with Crippen molar-refractivity contribution in [2.45, 2.75) is 193 Å². The topological polar surface area (TPSA) is 111 Å². The molecule has 0 heterocycles. The lowest BCUT2D eigenvalue weighted by atomic mass is 10.1. The molecule has 0 N–H and O–H groups in total. The van der Waals surface area contributed by atoms with Crippen LogP contribution in [-0.2, 0) is 32.7 Å². The van der Waals surface area contributed by atoms with Gasteiger partial charge in [-0.1, -0.05) is 141 Å². The summed E-state index contributed by atoms with van der Waals surface area (Å²) in [7, 11) is 1.16. The van der Waals surface area contributed by atoms with E-state index >= 15 is 0 Å². The zero-order valence-electron chi connectivity index (χ0n) is 35.0. The van der Waals surface area contributed by atoms with E-state index in [4.69, 9.17) is 18.5 Å². The van der Waals surface area contributed by atoms with Crippen LogP contribution in [0, 0.1) is 0 Å². The Kier molecular flexibility index (Phi) is 35.1. The van der Waals surface area contributed by atoms with Crippen LogP contribution >= 0.6 is 7.82 Å². The SMILES string of the molecule is CCCC/C=C/CCCCCCCCCCCC(=O)O[C@H](COC(=O)CCCCCCC/C=C/CCCCCCC)COP(=O)([O-])OCC[N+](C)(C)C. The van der Waals surface area contributed by atoms with E-state index < -0.39 is 32.5 Å². The zero-order valence-corrected chi connectivity index (χ0v) is 35.9. The number of hydrogen-bond donors (Lipinski definition) is 0. The van der Waals surface area contributed by atoms with Gasteiger partial charge in [0.2, 0.25) is 0 Å². The summed E-state index contributed by atoms with van der Waals surface area (Å²) >= 11 is 0. The Bertz CT molecular complexity index is 964. The molecule has 0 saturated carbocycles. The van der Waals surface area contributed by atoms with E-state index in [0.717, 1.165) is 57.8 Å². The Morgan fingerprint density at radius 1 is 0.566 bits per heavy atom. The van der Waals surface area contributed by atoms with Gasteiger partial charge in [0.1, 0.15) is 19.8 Å². The summed E-state index contributed by atoms with van der Waals surface area (Å²) in [4.78, 5) is 37.5. The maximum atomic E-state index is 12.7. The van der Waals surface area contributed by atoms with Crippen LogP contribution in [0.15, 0.2) is 24.3 Å². The van der Waals surface area contributed by atoms with Crippen LogP contribution in [0.2, 0.25) is 0 Å². The van der Waals surface area contributed by atoms with E-state index in [0.29, 0.717) is 17.4 Å². The third-order valence-electron chi connectivity index (χ3n) is 9.19. The number of likely N-dealkylation sites (N-methyl/N-ethyl adjacent to an activating group) is 1. The normalized spacial score (nSPS) is 13.8. The minimum atomic E-state index is -4.62. The number of carbonyl (C=O) groups excluding carboxylic acids is 2. The van der Waals surface area contributed by atoms with Gasteiger partial charge < -0.3 is 27.9 Å². The highest BCUT2D eigenvalue weighted by atomic mass is 31.2. The molecule has 1 unspecified atom stereocenters. The van der Waals surface area contributed by atoms with Crippen molar-refractivity contribution in [3.63, 3.8) is 0 Å². The molecule has 0 aromatic rings. The summed E-state index contributed by atoms with van der Waals surface area (Å²) in [6.45, 7) is 4.18. The van der Waals surface area contributed by atoms with E-state index in [2.05, 4.69) is 38.2 Å². The van der Waals surface area contributed by atoms with Crippen molar-refractivity contribution in [3.05, 3.63) is 24.3 Å². The number of quaternary nitrogens is 1. The molecule has 0 aliphatic rings. The maximum absolute atomic E-state index is 12.7. The number of allylic oxidation sites excluding steroid dienone is 4. The number of phosphoric acid groups is 1. The summed E-state index contributed by atoms with van der Waals surface area (Å²) in [5.41, 5.74) is 0. The molecule has 0 radical (unpaired) electrons. The molecule has 53 heavy (non-hydrogen) atoms. The predicted molar refractivity (Wildman–Crippen MR) is 218 cm³/mol. The van der Waals surface area contributed by atoms with Crippen molar-refractivity contribution in [3.8, 4) is 0 Å². The van der Waals surface area contributed by atoms with Gasteiger partial charge >= 0.3 is 11.9 Å². The minimum absolute atomic E-state index is 0.0313. The van der Waals surface area contributed by atoms with Crippen molar-refractivity contribution in [2.24, 2.45) is 0 Å². The van der Waals surface area contributed by atoms with Crippen molar-refractivity contribution in [1.29, 1.82) is 0 Å². The smallest absolute Gasteiger partial charge is 0.306 e. The molecule has 0 spiro atoms. The number of nitrogens with zero attached hydrogens (tertiary/aromatic N) is 1. The fraction of sp³-hybridized carbons (Fsp3) is 0.860. The quantitative estimate of drug-likeness (QED) is 0.0200. The summed E-state index contributed by atoms with van der Waals surface area (Å²) < 4.78 is 33.9. The van der Waals surface area contributed by atoms with Gasteiger partial charge in [-0.25, -0.2) is 0 Å². The molecule has 0 saturated heterocycles. The summed E-state index contributed by atoms with van der Waals surface area (Å²) in [5.74, 6) is -0.844. The van der Waals surface area contributed by atoms with E-state index in [1.165, 1.54) is 96.3 Å². The summed E-state index contributed by atoms with van der Waals surface area (Å²) in [6.07, 6.45) is 37.7. The van der Waals surface area contributed by atoms with Gasteiger partial charge in [0.15, 0.2) is 6.10 Å². The number of carbonyl (C=O) groups is 2. The Labute approximate surface area is 326 Å². The molecular weight excluding hydrogens is 689 g/mol. The first-order valence-corrected chi connectivity index (χ1v) is 23.0.